The van der Waals surface area contributed by atoms with Crippen molar-refractivity contribution in [1.29, 1.82) is 0 Å². The molecule has 0 aliphatic rings. The SMILES string of the molecule is CCn1cnc(S(=O)(=O)NC(CCO)C(C)(C)C)c1. The van der Waals surface area contributed by atoms with Gasteiger partial charge in [-0.15, -0.1) is 0 Å². The van der Waals surface area contributed by atoms with Gasteiger partial charge in [0.15, 0.2) is 5.03 Å². The summed E-state index contributed by atoms with van der Waals surface area (Å²) in [6.45, 7) is 8.31. The quantitative estimate of drug-likeness (QED) is 0.817. The minimum absolute atomic E-state index is 0.0153. The molecule has 1 aromatic heterocycles. The number of hydrogen-bond donors (Lipinski definition) is 2. The van der Waals surface area contributed by atoms with Crippen LogP contribution >= 0.6 is 0 Å². The molecule has 0 aliphatic heterocycles. The third-order valence-corrected chi connectivity index (χ3v) is 4.37. The van der Waals surface area contributed by atoms with Crippen molar-refractivity contribution in [1.82, 2.24) is 14.3 Å². The van der Waals surface area contributed by atoms with E-state index in [1.54, 1.807) is 4.57 Å². The fraction of sp³-hybridized carbons (Fsp3) is 0.750. The summed E-state index contributed by atoms with van der Waals surface area (Å²) in [5.41, 5.74) is -0.275. The molecule has 1 aromatic rings. The van der Waals surface area contributed by atoms with Gasteiger partial charge in [0.05, 0.1) is 6.33 Å². The Morgan fingerprint density at radius 3 is 2.53 bits per heavy atom. The second-order valence-electron chi connectivity index (χ2n) is 5.59. The normalized spacial score (nSPS) is 14.6. The van der Waals surface area contributed by atoms with Crippen LogP contribution in [-0.4, -0.2) is 35.7 Å². The Balaban J connectivity index is 2.94. The van der Waals surface area contributed by atoms with Gasteiger partial charge in [-0.05, 0) is 18.8 Å². The summed E-state index contributed by atoms with van der Waals surface area (Å²) >= 11 is 0. The van der Waals surface area contributed by atoms with E-state index >= 15 is 0 Å². The van der Waals surface area contributed by atoms with E-state index < -0.39 is 10.0 Å². The van der Waals surface area contributed by atoms with E-state index in [0.29, 0.717) is 13.0 Å². The Morgan fingerprint density at radius 1 is 1.47 bits per heavy atom. The first-order chi connectivity index (χ1) is 8.70. The lowest BCUT2D eigenvalue weighted by molar-refractivity contribution is 0.214. The average molecular weight is 289 g/mol. The lowest BCUT2D eigenvalue weighted by Crippen LogP contribution is -2.44. The molecule has 19 heavy (non-hydrogen) atoms. The molecule has 1 unspecified atom stereocenters. The number of nitrogens with zero attached hydrogens (tertiary/aromatic N) is 2. The van der Waals surface area contributed by atoms with E-state index in [2.05, 4.69) is 9.71 Å². The molecule has 0 amide bonds. The van der Waals surface area contributed by atoms with Crippen LogP contribution in [0.3, 0.4) is 0 Å². The number of aliphatic hydroxyl groups excluding tert-OH is 1. The maximum atomic E-state index is 12.2. The van der Waals surface area contributed by atoms with Gasteiger partial charge in [0.1, 0.15) is 0 Å². The van der Waals surface area contributed by atoms with Crippen molar-refractivity contribution in [2.45, 2.75) is 51.7 Å². The Labute approximate surface area is 114 Å². The lowest BCUT2D eigenvalue weighted by Gasteiger charge is -2.30. The molecule has 0 saturated carbocycles. The highest BCUT2D eigenvalue weighted by molar-refractivity contribution is 7.89. The van der Waals surface area contributed by atoms with Crippen molar-refractivity contribution in [3.63, 3.8) is 0 Å². The maximum Gasteiger partial charge on any atom is 0.259 e. The summed E-state index contributed by atoms with van der Waals surface area (Å²) in [5.74, 6) is 0. The number of hydrogen-bond acceptors (Lipinski definition) is 4. The van der Waals surface area contributed by atoms with E-state index in [1.807, 2.05) is 27.7 Å². The molecule has 6 nitrogen and oxygen atoms in total. The first-order valence-electron chi connectivity index (χ1n) is 6.35. The number of imidazole rings is 1. The lowest BCUT2D eigenvalue weighted by atomic mass is 9.86. The smallest absolute Gasteiger partial charge is 0.259 e. The van der Waals surface area contributed by atoms with E-state index in [1.165, 1.54) is 12.5 Å². The highest BCUT2D eigenvalue weighted by Gasteiger charge is 2.30. The van der Waals surface area contributed by atoms with E-state index in [0.717, 1.165) is 0 Å². The van der Waals surface area contributed by atoms with Crippen molar-refractivity contribution in [2.24, 2.45) is 5.41 Å². The minimum atomic E-state index is -3.65. The second kappa shape index (κ2) is 6.02. The Hall–Kier alpha value is -0.920. The van der Waals surface area contributed by atoms with E-state index in [4.69, 9.17) is 5.11 Å². The molecular formula is C12H23N3O3S. The van der Waals surface area contributed by atoms with Gasteiger partial charge in [0.2, 0.25) is 0 Å². The summed E-state index contributed by atoms with van der Waals surface area (Å²) in [6.07, 6.45) is 3.37. The molecule has 2 N–H and O–H groups in total. The molecule has 1 heterocycles. The van der Waals surface area contributed by atoms with Gasteiger partial charge < -0.3 is 9.67 Å². The molecule has 0 bridgehead atoms. The molecule has 0 spiro atoms. The number of aryl methyl sites for hydroxylation is 1. The zero-order valence-corrected chi connectivity index (χ0v) is 12.7. The maximum absolute atomic E-state index is 12.2. The van der Waals surface area contributed by atoms with Crippen LogP contribution in [0.2, 0.25) is 0 Å². The molecular weight excluding hydrogens is 266 g/mol. The number of nitrogens with one attached hydrogen (secondary N) is 1. The highest BCUT2D eigenvalue weighted by atomic mass is 32.2. The topological polar surface area (TPSA) is 84.2 Å². The number of sulfonamides is 1. The van der Waals surface area contributed by atoms with Crippen molar-refractivity contribution in [3.8, 4) is 0 Å². The zero-order valence-electron chi connectivity index (χ0n) is 11.9. The zero-order chi connectivity index (χ0) is 14.7. The number of rotatable bonds is 6. The molecule has 1 atom stereocenters. The molecule has 1 rings (SSSR count). The summed E-state index contributed by atoms with van der Waals surface area (Å²) in [4.78, 5) is 3.90. The summed E-state index contributed by atoms with van der Waals surface area (Å²) in [7, 11) is -3.65. The predicted molar refractivity (Wildman–Crippen MR) is 73.2 cm³/mol. The first-order valence-corrected chi connectivity index (χ1v) is 7.84. The molecule has 0 saturated heterocycles. The van der Waals surface area contributed by atoms with Crippen LogP contribution in [0.25, 0.3) is 0 Å². The van der Waals surface area contributed by atoms with Crippen LogP contribution < -0.4 is 4.72 Å². The average Bonchev–Trinajstić information content (AvgIpc) is 2.76. The molecule has 0 aliphatic carbocycles. The third kappa shape index (κ3) is 4.29. The standard InChI is InChI=1S/C12H23N3O3S/c1-5-15-8-11(13-9-15)19(17,18)14-10(6-7-16)12(2,3)4/h8-10,14,16H,5-7H2,1-4H3. The fourth-order valence-corrected chi connectivity index (χ4v) is 3.12. The predicted octanol–water partition coefficient (Wildman–Crippen LogP) is 0.978. The first kappa shape index (κ1) is 16.1. The van der Waals surface area contributed by atoms with Crippen molar-refractivity contribution < 1.29 is 13.5 Å². The monoisotopic (exact) mass is 289 g/mol. The van der Waals surface area contributed by atoms with Gasteiger partial charge in [-0.1, -0.05) is 20.8 Å². The minimum Gasteiger partial charge on any atom is -0.396 e. The van der Waals surface area contributed by atoms with Gasteiger partial charge >= 0.3 is 0 Å². The van der Waals surface area contributed by atoms with Crippen molar-refractivity contribution in [3.05, 3.63) is 12.5 Å². The van der Waals surface area contributed by atoms with Crippen LogP contribution in [-0.2, 0) is 16.6 Å². The third-order valence-electron chi connectivity index (χ3n) is 3.01. The highest BCUT2D eigenvalue weighted by Crippen LogP contribution is 2.23. The molecule has 7 heteroatoms. The van der Waals surface area contributed by atoms with Crippen LogP contribution in [0, 0.1) is 5.41 Å². The number of aromatic nitrogens is 2. The van der Waals surface area contributed by atoms with Gasteiger partial charge in [-0.25, -0.2) is 18.1 Å². The van der Waals surface area contributed by atoms with Crippen LogP contribution in [0.1, 0.15) is 34.1 Å². The summed E-state index contributed by atoms with van der Waals surface area (Å²) in [6, 6.07) is -0.339. The molecule has 0 radical (unpaired) electrons. The van der Waals surface area contributed by atoms with Gasteiger partial charge in [-0.3, -0.25) is 0 Å². The summed E-state index contributed by atoms with van der Waals surface area (Å²) in [5, 5.41) is 9.07. The molecule has 0 aromatic carbocycles. The Kier molecular flexibility index (Phi) is 5.11. The molecule has 0 fully saturated rings. The van der Waals surface area contributed by atoms with E-state index in [-0.39, 0.29) is 23.1 Å². The van der Waals surface area contributed by atoms with Crippen LogP contribution in [0.4, 0.5) is 0 Å². The Morgan fingerprint density at radius 2 is 2.11 bits per heavy atom. The van der Waals surface area contributed by atoms with Crippen LogP contribution in [0.15, 0.2) is 17.6 Å². The van der Waals surface area contributed by atoms with E-state index in [9.17, 15) is 8.42 Å². The van der Waals surface area contributed by atoms with Crippen LogP contribution in [0.5, 0.6) is 0 Å². The Bertz CT molecular complexity index is 503. The molecule has 110 valence electrons. The van der Waals surface area contributed by atoms with Crippen molar-refractivity contribution >= 4 is 10.0 Å². The van der Waals surface area contributed by atoms with Gasteiger partial charge in [0.25, 0.3) is 10.0 Å². The summed E-state index contributed by atoms with van der Waals surface area (Å²) < 4.78 is 28.8. The van der Waals surface area contributed by atoms with Gasteiger partial charge in [0, 0.05) is 25.4 Å². The fourth-order valence-electron chi connectivity index (χ4n) is 1.70. The second-order valence-corrected chi connectivity index (χ2v) is 7.26. The largest absolute Gasteiger partial charge is 0.396 e. The van der Waals surface area contributed by atoms with Gasteiger partial charge in [-0.2, -0.15) is 0 Å². The number of aliphatic hydroxyl groups is 1. The van der Waals surface area contributed by atoms with Crippen molar-refractivity contribution in [2.75, 3.05) is 6.61 Å².